The number of carbonyl (C=O) groups is 2. The molecule has 0 spiro atoms. The normalized spacial score (nSPS) is 10.8. The van der Waals surface area contributed by atoms with Crippen molar-refractivity contribution in [3.05, 3.63) is 52.2 Å². The maximum atomic E-state index is 12.4. The number of sulfonamides is 1. The fourth-order valence-corrected chi connectivity index (χ4v) is 4.04. The quantitative estimate of drug-likeness (QED) is 0.414. The van der Waals surface area contributed by atoms with Gasteiger partial charge in [-0.05, 0) is 41.6 Å². The van der Waals surface area contributed by atoms with Gasteiger partial charge in [0.2, 0.25) is 5.91 Å². The molecule has 0 fully saturated rings. The number of nitrogens with one attached hydrogen (secondary N) is 3. The standard InChI is InChI=1S/C18H21N3O5S2.Na.H/c1-19-18(23)21-28(24,25)16-12-13(5-7-15(16)26-2)9-10-20-17(22)8-6-14-4-3-11-27-14;;/h3-8,11-12H,9-10H2,1-2H3,(H,20,22)(H2,19,21,23);;/b8-6+;;. The van der Waals surface area contributed by atoms with E-state index in [-0.39, 0.29) is 46.1 Å². The summed E-state index contributed by atoms with van der Waals surface area (Å²) in [4.78, 5) is 24.1. The Morgan fingerprint density at radius 2 is 2.00 bits per heavy atom. The Balaban J connectivity index is 0.00000420. The molecule has 0 aliphatic heterocycles. The zero-order valence-electron chi connectivity index (χ0n) is 15.4. The summed E-state index contributed by atoms with van der Waals surface area (Å²) in [5.41, 5.74) is 0.667. The number of carbonyl (C=O) groups excluding carboxylic acids is 2. The van der Waals surface area contributed by atoms with E-state index < -0.39 is 16.1 Å². The monoisotopic (exact) mass is 447 g/mol. The van der Waals surface area contributed by atoms with Crippen molar-refractivity contribution in [3.63, 3.8) is 0 Å². The Morgan fingerprint density at radius 1 is 1.24 bits per heavy atom. The minimum atomic E-state index is -4.10. The van der Waals surface area contributed by atoms with Crippen LogP contribution in [0.15, 0.2) is 46.7 Å². The summed E-state index contributed by atoms with van der Waals surface area (Å²) >= 11 is 1.53. The molecule has 2 aromatic rings. The van der Waals surface area contributed by atoms with Crippen LogP contribution in [0.4, 0.5) is 4.79 Å². The van der Waals surface area contributed by atoms with Crippen LogP contribution in [0.2, 0.25) is 0 Å². The van der Waals surface area contributed by atoms with Crippen LogP contribution in [0, 0.1) is 0 Å². The van der Waals surface area contributed by atoms with E-state index in [1.54, 1.807) is 12.1 Å². The maximum absolute atomic E-state index is 12.4. The van der Waals surface area contributed by atoms with Gasteiger partial charge in [-0.3, -0.25) is 4.79 Å². The Morgan fingerprint density at radius 3 is 2.62 bits per heavy atom. The van der Waals surface area contributed by atoms with Crippen LogP contribution in [0.25, 0.3) is 6.08 Å². The third-order valence-electron chi connectivity index (χ3n) is 3.63. The number of benzene rings is 1. The van der Waals surface area contributed by atoms with Gasteiger partial charge in [-0.1, -0.05) is 12.1 Å². The molecular formula is C18H22N3NaO5S2. The van der Waals surface area contributed by atoms with Crippen LogP contribution >= 0.6 is 11.3 Å². The fourth-order valence-electron chi connectivity index (χ4n) is 2.25. The number of thiophene rings is 1. The Hall–Kier alpha value is -1.85. The van der Waals surface area contributed by atoms with E-state index in [9.17, 15) is 18.0 Å². The van der Waals surface area contributed by atoms with Crippen LogP contribution in [0.5, 0.6) is 5.75 Å². The number of hydrogen-bond donors (Lipinski definition) is 3. The van der Waals surface area contributed by atoms with Gasteiger partial charge >= 0.3 is 35.6 Å². The predicted octanol–water partition coefficient (Wildman–Crippen LogP) is 1.10. The molecule has 11 heteroatoms. The van der Waals surface area contributed by atoms with Crippen molar-refractivity contribution < 1.29 is 22.7 Å². The van der Waals surface area contributed by atoms with Crippen molar-refractivity contribution in [3.8, 4) is 5.75 Å². The van der Waals surface area contributed by atoms with E-state index in [1.165, 1.54) is 43.7 Å². The van der Waals surface area contributed by atoms with Crippen LogP contribution in [0.3, 0.4) is 0 Å². The summed E-state index contributed by atoms with van der Waals surface area (Å²) in [6, 6.07) is 7.57. The van der Waals surface area contributed by atoms with Crippen molar-refractivity contribution in [2.45, 2.75) is 11.3 Å². The average Bonchev–Trinajstić information content (AvgIpc) is 3.19. The second-order valence-electron chi connectivity index (χ2n) is 5.56. The van der Waals surface area contributed by atoms with Crippen LogP contribution in [-0.2, 0) is 21.2 Å². The summed E-state index contributed by atoms with van der Waals surface area (Å²) in [6.07, 6.45) is 3.58. The third kappa shape index (κ3) is 7.82. The van der Waals surface area contributed by atoms with E-state index >= 15 is 0 Å². The summed E-state index contributed by atoms with van der Waals surface area (Å²) in [5, 5.41) is 6.85. The third-order valence-corrected chi connectivity index (χ3v) is 5.82. The van der Waals surface area contributed by atoms with Gasteiger partial charge in [-0.2, -0.15) is 0 Å². The first-order chi connectivity index (χ1) is 13.4. The molecule has 0 saturated heterocycles. The van der Waals surface area contributed by atoms with Crippen LogP contribution in [0.1, 0.15) is 10.4 Å². The second kappa shape index (κ2) is 12.0. The summed E-state index contributed by atoms with van der Waals surface area (Å²) in [7, 11) is -1.44. The van der Waals surface area contributed by atoms with Crippen molar-refractivity contribution >= 4 is 68.9 Å². The van der Waals surface area contributed by atoms with Crippen molar-refractivity contribution in [1.82, 2.24) is 15.4 Å². The zero-order chi connectivity index (χ0) is 20.6. The second-order valence-corrected chi connectivity index (χ2v) is 8.19. The van der Waals surface area contributed by atoms with Crippen LogP contribution in [-0.4, -0.2) is 70.6 Å². The molecule has 29 heavy (non-hydrogen) atoms. The molecule has 8 nitrogen and oxygen atoms in total. The van der Waals surface area contributed by atoms with Gasteiger partial charge in [0.1, 0.15) is 10.6 Å². The summed E-state index contributed by atoms with van der Waals surface area (Å²) in [6.45, 7) is 0.322. The minimum absolute atomic E-state index is 0. The van der Waals surface area contributed by atoms with Crippen LogP contribution < -0.4 is 20.1 Å². The molecule has 1 aromatic carbocycles. The molecule has 0 bridgehead atoms. The number of rotatable bonds is 8. The molecule has 152 valence electrons. The van der Waals surface area contributed by atoms with Gasteiger partial charge in [-0.25, -0.2) is 17.9 Å². The predicted molar refractivity (Wildman–Crippen MR) is 115 cm³/mol. The Bertz CT molecular complexity index is 960. The first kappa shape index (κ1) is 25.2. The molecule has 3 N–H and O–H groups in total. The average molecular weight is 448 g/mol. The number of ether oxygens (including phenoxy) is 1. The fraction of sp³-hybridized carbons (Fsp3) is 0.222. The van der Waals surface area contributed by atoms with Gasteiger partial charge in [0.15, 0.2) is 0 Å². The molecule has 1 aromatic heterocycles. The van der Waals surface area contributed by atoms with Gasteiger partial charge in [0.05, 0.1) is 7.11 Å². The van der Waals surface area contributed by atoms with Crippen molar-refractivity contribution in [1.29, 1.82) is 0 Å². The van der Waals surface area contributed by atoms with E-state index in [1.807, 2.05) is 22.2 Å². The van der Waals surface area contributed by atoms with Crippen molar-refractivity contribution in [2.24, 2.45) is 0 Å². The number of methoxy groups -OCH3 is 1. The zero-order valence-corrected chi connectivity index (χ0v) is 17.0. The van der Waals surface area contributed by atoms with Gasteiger partial charge in [0, 0.05) is 24.5 Å². The van der Waals surface area contributed by atoms with Crippen molar-refractivity contribution in [2.75, 3.05) is 20.7 Å². The molecule has 0 radical (unpaired) electrons. The van der Waals surface area contributed by atoms with Gasteiger partial charge in [0.25, 0.3) is 10.0 Å². The molecule has 0 saturated carbocycles. The number of urea groups is 1. The molecule has 0 aliphatic rings. The molecule has 3 amide bonds. The molecular weight excluding hydrogens is 425 g/mol. The topological polar surface area (TPSA) is 114 Å². The first-order valence-corrected chi connectivity index (χ1v) is 10.6. The summed E-state index contributed by atoms with van der Waals surface area (Å²) < 4.78 is 31.7. The van der Waals surface area contributed by atoms with E-state index in [0.29, 0.717) is 18.5 Å². The molecule has 2 rings (SSSR count). The molecule has 0 aliphatic carbocycles. The Kier molecular flexibility index (Phi) is 10.4. The Labute approximate surface area is 196 Å². The van der Waals surface area contributed by atoms with E-state index in [4.69, 9.17) is 4.74 Å². The first-order valence-electron chi connectivity index (χ1n) is 8.26. The molecule has 0 unspecified atom stereocenters. The van der Waals surface area contributed by atoms with E-state index in [2.05, 4.69) is 10.6 Å². The number of amides is 3. The molecule has 0 atom stereocenters. The molecule has 1 heterocycles. The SMILES string of the molecule is CNC(=O)NS(=O)(=O)c1cc(CCNC(=O)/C=C/c2cccs2)ccc1OC.[NaH]. The van der Waals surface area contributed by atoms with E-state index in [0.717, 1.165) is 4.88 Å². The van der Waals surface area contributed by atoms with Gasteiger partial charge < -0.3 is 15.4 Å². The number of hydrogen-bond acceptors (Lipinski definition) is 6. The summed E-state index contributed by atoms with van der Waals surface area (Å²) in [5.74, 6) is -0.126. The van der Waals surface area contributed by atoms with Gasteiger partial charge in [-0.15, -0.1) is 11.3 Å².